The Morgan fingerprint density at radius 3 is 2.10 bits per heavy atom. The molecular weight excluding hydrogens is 903 g/mol. The topological polar surface area (TPSA) is 239 Å². The second-order valence-corrected chi connectivity index (χ2v) is 20.6. The average molecular weight is 970 g/mol. The number of amides is 3. The van der Waals surface area contributed by atoms with Crippen molar-refractivity contribution in [2.45, 2.75) is 141 Å². The predicted octanol–water partition coefficient (Wildman–Crippen LogP) is 6.17. The van der Waals surface area contributed by atoms with Crippen molar-refractivity contribution < 1.29 is 46.6 Å². The van der Waals surface area contributed by atoms with Crippen LogP contribution in [0, 0.1) is 20.8 Å². The minimum atomic E-state index is -4.19. The third-order valence-corrected chi connectivity index (χ3v) is 13.6. The van der Waals surface area contributed by atoms with Crippen molar-refractivity contribution in [2.24, 2.45) is 10.7 Å². The Morgan fingerprint density at radius 2 is 1.51 bits per heavy atom. The lowest BCUT2D eigenvalue weighted by atomic mass is 9.88. The van der Waals surface area contributed by atoms with Gasteiger partial charge >= 0.3 is 12.1 Å². The quantitative estimate of drug-likeness (QED) is 0.0248. The molecule has 0 bridgehead atoms. The molecule has 1 aliphatic rings. The summed E-state index contributed by atoms with van der Waals surface area (Å²) in [5, 5.41) is 9.55. The maximum Gasteiger partial charge on any atom is 0.419 e. The number of carbonyl (C=O) groups excluding carboxylic acids is 5. The van der Waals surface area contributed by atoms with E-state index in [1.165, 1.54) is 24.7 Å². The van der Waals surface area contributed by atoms with E-state index < -0.39 is 63.5 Å². The van der Waals surface area contributed by atoms with E-state index in [0.717, 1.165) is 22.1 Å². The Morgan fingerprint density at radius 1 is 0.899 bits per heavy atom. The lowest BCUT2D eigenvalue weighted by molar-refractivity contribution is -0.145. The molecule has 5 rings (SSSR count). The molecule has 3 amide bonds. The van der Waals surface area contributed by atoms with Crippen LogP contribution in [0.1, 0.15) is 101 Å². The molecule has 18 heteroatoms. The number of allylic oxidation sites excluding steroid dienone is 1. The number of aliphatic imine (C=N–C) groups is 1. The van der Waals surface area contributed by atoms with Crippen molar-refractivity contribution in [3.8, 4) is 5.75 Å². The van der Waals surface area contributed by atoms with Gasteiger partial charge in [-0.3, -0.25) is 19.4 Å². The minimum absolute atomic E-state index is 0.0168. The van der Waals surface area contributed by atoms with Crippen molar-refractivity contribution in [1.82, 2.24) is 25.2 Å². The first kappa shape index (κ1) is 53.3. The lowest BCUT2D eigenvalue weighted by Gasteiger charge is -2.35. The van der Waals surface area contributed by atoms with Gasteiger partial charge in [0.15, 0.2) is 0 Å². The maximum absolute atomic E-state index is 14.2. The van der Waals surface area contributed by atoms with E-state index in [-0.39, 0.29) is 48.7 Å². The summed E-state index contributed by atoms with van der Waals surface area (Å²) >= 11 is 0. The average Bonchev–Trinajstić information content (AvgIpc) is 3.57. The summed E-state index contributed by atoms with van der Waals surface area (Å²) in [6.45, 7) is 23.4. The predicted molar refractivity (Wildman–Crippen MR) is 267 cm³/mol. The van der Waals surface area contributed by atoms with Gasteiger partial charge in [0.05, 0.1) is 23.0 Å². The Hall–Kier alpha value is -6.69. The zero-order valence-electron chi connectivity index (χ0n) is 41.4. The molecule has 0 spiro atoms. The van der Waals surface area contributed by atoms with E-state index in [2.05, 4.69) is 38.8 Å². The molecule has 0 aliphatic carbocycles. The third-order valence-electron chi connectivity index (χ3n) is 11.9. The summed E-state index contributed by atoms with van der Waals surface area (Å²) in [5.41, 5.74) is 10.4. The fourth-order valence-corrected chi connectivity index (χ4v) is 10.1. The Balaban J connectivity index is 1.40. The van der Waals surface area contributed by atoms with E-state index >= 15 is 0 Å². The summed E-state index contributed by atoms with van der Waals surface area (Å²) in [5.74, 6) is -2.36. The van der Waals surface area contributed by atoms with Gasteiger partial charge in [0.2, 0.25) is 23.7 Å². The van der Waals surface area contributed by atoms with Crippen molar-refractivity contribution in [3.63, 3.8) is 0 Å². The van der Waals surface area contributed by atoms with E-state index in [0.29, 0.717) is 58.1 Å². The maximum atomic E-state index is 14.2. The molecule has 1 aromatic heterocycles. The molecule has 0 saturated carbocycles. The van der Waals surface area contributed by atoms with Gasteiger partial charge < -0.3 is 35.9 Å². The van der Waals surface area contributed by atoms with Gasteiger partial charge in [-0.15, -0.1) is 13.2 Å². The van der Waals surface area contributed by atoms with Gasteiger partial charge in [-0.2, -0.15) is 0 Å². The highest BCUT2D eigenvalue weighted by Crippen LogP contribution is 2.42. The zero-order chi connectivity index (χ0) is 51.2. The number of hydrogen-bond donors (Lipinski definition) is 5. The largest absolute Gasteiger partial charge is 0.487 e. The van der Waals surface area contributed by atoms with Crippen molar-refractivity contribution >= 4 is 67.6 Å². The number of benzene rings is 3. The Bertz CT molecular complexity index is 2820. The number of esters is 1. The van der Waals surface area contributed by atoms with Gasteiger partial charge in [-0.05, 0) is 152 Å². The van der Waals surface area contributed by atoms with E-state index in [4.69, 9.17) is 19.9 Å². The van der Waals surface area contributed by atoms with Gasteiger partial charge in [-0.25, -0.2) is 27.3 Å². The number of fused-ring (bicyclic) bond motifs is 4. The first-order valence-electron chi connectivity index (χ1n) is 22.9. The van der Waals surface area contributed by atoms with Gasteiger partial charge in [0.25, 0.3) is 10.0 Å². The highest BCUT2D eigenvalue weighted by Gasteiger charge is 2.34. The molecule has 17 nitrogen and oxygen atoms in total. The SMILES string of the molecule is C=CCc1ccc2c(c1)c1cc(CC(NC(C)=O)C(=O)N[C@H](CCCN=C(N)NS(=O)(=O)c3c(C)c(C)c4c(c3C)CCC(C)(C)O4)C(=O)N[C@@H](CC=C)C(=O)OC)ccc1n2C(=O)OC(C)(C)C. The number of nitrogens with two attached hydrogens (primary N) is 1. The number of rotatable bonds is 18. The highest BCUT2D eigenvalue weighted by molar-refractivity contribution is 7.90. The fourth-order valence-electron chi connectivity index (χ4n) is 8.54. The Labute approximate surface area is 404 Å². The number of methoxy groups -OCH3 is 1. The first-order chi connectivity index (χ1) is 32.3. The van der Waals surface area contributed by atoms with E-state index in [9.17, 15) is 32.4 Å². The van der Waals surface area contributed by atoms with Crippen LogP contribution in [0.3, 0.4) is 0 Å². The second kappa shape index (κ2) is 21.7. The molecule has 3 aromatic carbocycles. The molecule has 0 saturated heterocycles. The fraction of sp³-hybridized carbons (Fsp3) is 0.451. The number of carbonyl (C=O) groups is 5. The number of nitrogens with zero attached hydrogens (tertiary/aromatic N) is 2. The summed E-state index contributed by atoms with van der Waals surface area (Å²) in [4.78, 5) is 71.3. The van der Waals surface area contributed by atoms with Crippen molar-refractivity contribution in [1.29, 1.82) is 0 Å². The minimum Gasteiger partial charge on any atom is -0.487 e. The number of nitrogens with one attached hydrogen (secondary N) is 4. The summed E-state index contributed by atoms with van der Waals surface area (Å²) in [6.07, 6.45) is 4.69. The molecule has 0 radical (unpaired) electrons. The number of sulfonamides is 1. The molecule has 0 fully saturated rings. The van der Waals surface area contributed by atoms with Crippen LogP contribution in [-0.4, -0.2) is 91.7 Å². The molecule has 1 unspecified atom stereocenters. The number of hydrogen-bond acceptors (Lipinski definition) is 11. The van der Waals surface area contributed by atoms with Crippen LogP contribution in [0.2, 0.25) is 0 Å². The standard InChI is InChI=1S/C51H67N7O10S/c1-13-16-33-19-21-41-36(26-33)37-27-34(20-22-42(37)58(41)49(63)68-50(7,8)9)28-40(54-32(6)59)46(61)55-38(45(60)56-39(17-14-2)47(62)66-12)18-15-25-53-48(52)57-69(64,65)44-30(4)29(3)43-35(31(44)5)23-24-51(10,11)67-43/h13-14,19-22,26-27,38-40H,1-2,15-18,23-25,28H2,3-12H3,(H,54,59)(H,55,61)(H,56,60)(H3,52,53,57)/t38-,39+,40?/m1/s1. The molecule has 1 aliphatic heterocycles. The van der Waals surface area contributed by atoms with Crippen LogP contribution < -0.4 is 31.1 Å². The molecule has 6 N–H and O–H groups in total. The van der Waals surface area contributed by atoms with Crippen molar-refractivity contribution in [2.75, 3.05) is 13.7 Å². The normalized spacial score (nSPS) is 14.9. The molecule has 69 heavy (non-hydrogen) atoms. The molecule has 4 aromatic rings. The third kappa shape index (κ3) is 12.9. The number of guanidine groups is 1. The van der Waals surface area contributed by atoms with Crippen LogP contribution in [0.4, 0.5) is 4.79 Å². The van der Waals surface area contributed by atoms with Gasteiger partial charge in [0.1, 0.15) is 35.1 Å². The Kier molecular flexibility index (Phi) is 16.8. The van der Waals surface area contributed by atoms with Crippen LogP contribution in [0.5, 0.6) is 5.75 Å². The van der Waals surface area contributed by atoms with E-state index in [1.807, 2.05) is 45.0 Å². The van der Waals surface area contributed by atoms with E-state index in [1.54, 1.807) is 52.8 Å². The summed E-state index contributed by atoms with van der Waals surface area (Å²) in [6, 6.07) is 7.51. The van der Waals surface area contributed by atoms with Crippen LogP contribution >= 0.6 is 0 Å². The highest BCUT2D eigenvalue weighted by atomic mass is 32.2. The van der Waals surface area contributed by atoms with Crippen LogP contribution in [0.15, 0.2) is 71.6 Å². The van der Waals surface area contributed by atoms with Gasteiger partial charge in [-0.1, -0.05) is 24.3 Å². The zero-order valence-corrected chi connectivity index (χ0v) is 42.2. The first-order valence-corrected chi connectivity index (χ1v) is 24.4. The van der Waals surface area contributed by atoms with Crippen molar-refractivity contribution in [3.05, 3.63) is 95.1 Å². The smallest absolute Gasteiger partial charge is 0.419 e. The van der Waals surface area contributed by atoms with Gasteiger partial charge in [0, 0.05) is 30.7 Å². The monoisotopic (exact) mass is 969 g/mol. The summed E-state index contributed by atoms with van der Waals surface area (Å²) < 4.78 is 48.5. The van der Waals surface area contributed by atoms with Crippen LogP contribution in [0.25, 0.3) is 21.8 Å². The molecular formula is C51H67N7O10S. The van der Waals surface area contributed by atoms with Crippen LogP contribution in [-0.2, 0) is 57.9 Å². The molecule has 2 heterocycles. The second-order valence-electron chi connectivity index (χ2n) is 19.0. The lowest BCUT2D eigenvalue weighted by Crippen LogP contribution is -2.56. The summed E-state index contributed by atoms with van der Waals surface area (Å²) in [7, 11) is -3.02. The number of ether oxygens (including phenoxy) is 3. The molecule has 3 atom stereocenters. The molecule has 372 valence electrons. The number of aromatic nitrogens is 1.